The van der Waals surface area contributed by atoms with E-state index in [0.29, 0.717) is 17.4 Å². The first kappa shape index (κ1) is 11.0. The number of ether oxygens (including phenoxy) is 1. The van der Waals surface area contributed by atoms with Crippen LogP contribution < -0.4 is 10.5 Å². The van der Waals surface area contributed by atoms with Crippen LogP contribution in [0.5, 0.6) is 5.75 Å². The zero-order valence-corrected chi connectivity index (χ0v) is 10.3. The van der Waals surface area contributed by atoms with Crippen LogP contribution in [0.15, 0.2) is 12.7 Å². The van der Waals surface area contributed by atoms with Crippen molar-refractivity contribution in [3.63, 3.8) is 0 Å². The molecule has 0 aromatic carbocycles. The molecule has 0 bridgehead atoms. The molecule has 2 aromatic heterocycles. The predicted octanol–water partition coefficient (Wildman–Crippen LogP) is 1.13. The third-order valence-corrected chi connectivity index (χ3v) is 3.27. The molecule has 0 saturated heterocycles. The highest BCUT2D eigenvalue weighted by Crippen LogP contribution is 2.29. The van der Waals surface area contributed by atoms with Crippen molar-refractivity contribution >= 4 is 5.82 Å². The van der Waals surface area contributed by atoms with Crippen LogP contribution in [0.1, 0.15) is 24.2 Å². The SMILES string of the molecule is COc1c(N)ncnc1-n1cnc2c1CCCC2. The molecule has 0 fully saturated rings. The maximum Gasteiger partial charge on any atom is 0.204 e. The van der Waals surface area contributed by atoms with Gasteiger partial charge in [0.15, 0.2) is 11.6 Å². The first-order valence-electron chi connectivity index (χ1n) is 6.01. The molecule has 94 valence electrons. The third kappa shape index (κ3) is 1.61. The first-order valence-corrected chi connectivity index (χ1v) is 6.01. The van der Waals surface area contributed by atoms with Crippen LogP contribution in [-0.2, 0) is 12.8 Å². The van der Waals surface area contributed by atoms with Gasteiger partial charge in [0, 0.05) is 5.69 Å². The van der Waals surface area contributed by atoms with Gasteiger partial charge < -0.3 is 10.5 Å². The fourth-order valence-corrected chi connectivity index (χ4v) is 2.40. The minimum atomic E-state index is 0.348. The van der Waals surface area contributed by atoms with E-state index in [0.717, 1.165) is 18.5 Å². The number of fused-ring (bicyclic) bond motifs is 1. The Morgan fingerprint density at radius 2 is 2.06 bits per heavy atom. The summed E-state index contributed by atoms with van der Waals surface area (Å²) in [6.07, 6.45) is 7.67. The zero-order valence-electron chi connectivity index (χ0n) is 10.3. The Balaban J connectivity index is 2.15. The molecule has 0 amide bonds. The largest absolute Gasteiger partial charge is 0.490 e. The molecular formula is C12H15N5O. The van der Waals surface area contributed by atoms with Crippen molar-refractivity contribution < 1.29 is 4.74 Å². The third-order valence-electron chi connectivity index (χ3n) is 3.27. The number of anilines is 1. The summed E-state index contributed by atoms with van der Waals surface area (Å²) in [7, 11) is 1.57. The van der Waals surface area contributed by atoms with Gasteiger partial charge in [0.2, 0.25) is 5.75 Å². The summed E-state index contributed by atoms with van der Waals surface area (Å²) in [4.78, 5) is 12.7. The van der Waals surface area contributed by atoms with E-state index < -0.39 is 0 Å². The van der Waals surface area contributed by atoms with Crippen LogP contribution in [0.2, 0.25) is 0 Å². The van der Waals surface area contributed by atoms with Crippen LogP contribution >= 0.6 is 0 Å². The van der Waals surface area contributed by atoms with Crippen LogP contribution in [0.4, 0.5) is 5.82 Å². The van der Waals surface area contributed by atoms with Gasteiger partial charge in [-0.2, -0.15) is 0 Å². The lowest BCUT2D eigenvalue weighted by atomic mass is 10.0. The van der Waals surface area contributed by atoms with E-state index >= 15 is 0 Å². The summed E-state index contributed by atoms with van der Waals surface area (Å²) >= 11 is 0. The molecule has 3 rings (SSSR count). The molecular weight excluding hydrogens is 230 g/mol. The molecule has 0 unspecified atom stereocenters. The van der Waals surface area contributed by atoms with Gasteiger partial charge in [0.25, 0.3) is 0 Å². The molecule has 2 heterocycles. The van der Waals surface area contributed by atoms with Gasteiger partial charge in [-0.1, -0.05) is 0 Å². The van der Waals surface area contributed by atoms with Crippen molar-refractivity contribution in [2.45, 2.75) is 25.7 Å². The van der Waals surface area contributed by atoms with E-state index in [2.05, 4.69) is 15.0 Å². The van der Waals surface area contributed by atoms with Gasteiger partial charge in [-0.3, -0.25) is 4.57 Å². The molecule has 2 N–H and O–H groups in total. The Morgan fingerprint density at radius 3 is 2.89 bits per heavy atom. The fourth-order valence-electron chi connectivity index (χ4n) is 2.40. The van der Waals surface area contributed by atoms with E-state index in [9.17, 15) is 0 Å². The van der Waals surface area contributed by atoms with Crippen molar-refractivity contribution in [2.24, 2.45) is 0 Å². The number of aryl methyl sites for hydroxylation is 1. The first-order chi connectivity index (χ1) is 8.81. The minimum Gasteiger partial charge on any atom is -0.490 e. The molecule has 1 aliphatic carbocycles. The van der Waals surface area contributed by atoms with Crippen molar-refractivity contribution in [1.82, 2.24) is 19.5 Å². The van der Waals surface area contributed by atoms with E-state index in [1.165, 1.54) is 24.9 Å². The van der Waals surface area contributed by atoms with E-state index in [4.69, 9.17) is 10.5 Å². The predicted molar refractivity (Wildman–Crippen MR) is 66.8 cm³/mol. The number of methoxy groups -OCH3 is 1. The summed E-state index contributed by atoms with van der Waals surface area (Å²) in [5.41, 5.74) is 8.16. The topological polar surface area (TPSA) is 78.9 Å². The molecule has 1 aliphatic rings. The van der Waals surface area contributed by atoms with Gasteiger partial charge in [0.05, 0.1) is 12.8 Å². The average molecular weight is 245 g/mol. The molecule has 0 spiro atoms. The summed E-state index contributed by atoms with van der Waals surface area (Å²) < 4.78 is 7.26. The molecule has 0 aliphatic heterocycles. The molecule has 0 atom stereocenters. The fraction of sp³-hybridized carbons (Fsp3) is 0.417. The smallest absolute Gasteiger partial charge is 0.204 e. The van der Waals surface area contributed by atoms with Gasteiger partial charge in [0.1, 0.15) is 12.7 Å². The number of nitrogen functional groups attached to an aromatic ring is 1. The molecule has 6 heteroatoms. The number of hydrogen-bond donors (Lipinski definition) is 1. The van der Waals surface area contributed by atoms with Crippen molar-refractivity contribution in [3.8, 4) is 11.6 Å². The number of aromatic nitrogens is 4. The highest BCUT2D eigenvalue weighted by Gasteiger charge is 2.20. The standard InChI is InChI=1S/C12H15N5O/c1-18-10-11(13)14-6-15-12(10)17-7-16-8-4-2-3-5-9(8)17/h6-7H,2-5H2,1H3,(H2,13,14,15). The molecule has 6 nitrogen and oxygen atoms in total. The average Bonchev–Trinajstić information content (AvgIpc) is 2.82. The van der Waals surface area contributed by atoms with Crippen LogP contribution in [-0.4, -0.2) is 26.6 Å². The van der Waals surface area contributed by atoms with Gasteiger partial charge in [-0.15, -0.1) is 0 Å². The number of nitrogens with two attached hydrogens (primary N) is 1. The van der Waals surface area contributed by atoms with Crippen molar-refractivity contribution in [1.29, 1.82) is 0 Å². The second kappa shape index (κ2) is 4.29. The maximum atomic E-state index is 5.80. The molecule has 0 saturated carbocycles. The Morgan fingerprint density at radius 1 is 1.22 bits per heavy atom. The van der Waals surface area contributed by atoms with Crippen LogP contribution in [0, 0.1) is 0 Å². The Labute approximate surface area is 105 Å². The summed E-state index contributed by atoms with van der Waals surface area (Å²) in [5.74, 6) is 1.52. The second-order valence-electron chi connectivity index (χ2n) is 4.33. The number of imidazole rings is 1. The van der Waals surface area contributed by atoms with Gasteiger partial charge in [-0.05, 0) is 25.7 Å². The van der Waals surface area contributed by atoms with Gasteiger partial charge >= 0.3 is 0 Å². The highest BCUT2D eigenvalue weighted by molar-refractivity contribution is 5.55. The quantitative estimate of drug-likeness (QED) is 0.858. The second-order valence-corrected chi connectivity index (χ2v) is 4.33. The normalized spacial score (nSPS) is 14.3. The molecule has 0 radical (unpaired) electrons. The Hall–Kier alpha value is -2.11. The number of rotatable bonds is 2. The molecule has 18 heavy (non-hydrogen) atoms. The number of nitrogens with zero attached hydrogens (tertiary/aromatic N) is 4. The monoisotopic (exact) mass is 245 g/mol. The van der Waals surface area contributed by atoms with Crippen LogP contribution in [0.3, 0.4) is 0 Å². The summed E-state index contributed by atoms with van der Waals surface area (Å²) in [6.45, 7) is 0. The lowest BCUT2D eigenvalue weighted by Crippen LogP contribution is -2.10. The maximum absolute atomic E-state index is 5.80. The van der Waals surface area contributed by atoms with Gasteiger partial charge in [-0.25, -0.2) is 15.0 Å². The zero-order chi connectivity index (χ0) is 12.5. The van der Waals surface area contributed by atoms with Crippen molar-refractivity contribution in [3.05, 3.63) is 24.0 Å². The lowest BCUT2D eigenvalue weighted by molar-refractivity contribution is 0.410. The summed E-state index contributed by atoms with van der Waals surface area (Å²) in [5, 5.41) is 0. The van der Waals surface area contributed by atoms with Crippen LogP contribution in [0.25, 0.3) is 5.82 Å². The highest BCUT2D eigenvalue weighted by atomic mass is 16.5. The van der Waals surface area contributed by atoms with E-state index in [1.807, 2.05) is 4.57 Å². The van der Waals surface area contributed by atoms with E-state index in [1.54, 1.807) is 13.4 Å². The summed E-state index contributed by atoms with van der Waals surface area (Å²) in [6, 6.07) is 0. The van der Waals surface area contributed by atoms with E-state index in [-0.39, 0.29) is 0 Å². The van der Waals surface area contributed by atoms with Crippen molar-refractivity contribution in [2.75, 3.05) is 12.8 Å². The lowest BCUT2D eigenvalue weighted by Gasteiger charge is -2.15. The Bertz CT molecular complexity index is 578. The minimum absolute atomic E-state index is 0.348. The number of hydrogen-bond acceptors (Lipinski definition) is 5. The molecule has 2 aromatic rings. The Kier molecular flexibility index (Phi) is 2.62.